The van der Waals surface area contributed by atoms with E-state index in [-0.39, 0.29) is 6.10 Å². The molecular weight excluding hydrogens is 196 g/mol. The van der Waals surface area contributed by atoms with E-state index in [0.717, 1.165) is 37.0 Å². The van der Waals surface area contributed by atoms with E-state index in [1.54, 1.807) is 0 Å². The van der Waals surface area contributed by atoms with Crippen molar-refractivity contribution in [2.75, 3.05) is 0 Å². The summed E-state index contributed by atoms with van der Waals surface area (Å²) in [6, 6.07) is 0. The Labute approximate surface area is 101 Å². The van der Waals surface area contributed by atoms with Gasteiger partial charge in [0.2, 0.25) is 0 Å². The molecule has 1 N–H and O–H groups in total. The van der Waals surface area contributed by atoms with Crippen molar-refractivity contribution >= 4 is 0 Å². The first-order chi connectivity index (χ1) is 7.44. The van der Waals surface area contributed by atoms with Crippen LogP contribution in [0.2, 0.25) is 0 Å². The minimum atomic E-state index is -0.0384. The van der Waals surface area contributed by atoms with Gasteiger partial charge in [-0.3, -0.25) is 0 Å². The van der Waals surface area contributed by atoms with Crippen LogP contribution >= 0.6 is 0 Å². The summed E-state index contributed by atoms with van der Waals surface area (Å²) >= 11 is 0. The molecule has 2 bridgehead atoms. The Kier molecular flexibility index (Phi) is 3.63. The molecule has 0 radical (unpaired) electrons. The van der Waals surface area contributed by atoms with Crippen LogP contribution in [0.3, 0.4) is 0 Å². The smallest absolute Gasteiger partial charge is 0.0543 e. The molecule has 2 aliphatic carbocycles. The van der Waals surface area contributed by atoms with Crippen molar-refractivity contribution in [3.8, 4) is 0 Å². The molecule has 0 heterocycles. The van der Waals surface area contributed by atoms with Crippen molar-refractivity contribution in [1.29, 1.82) is 0 Å². The van der Waals surface area contributed by atoms with Gasteiger partial charge in [-0.2, -0.15) is 0 Å². The third kappa shape index (κ3) is 3.23. The lowest BCUT2D eigenvalue weighted by atomic mass is 9.82. The lowest BCUT2D eigenvalue weighted by molar-refractivity contribution is 0.104. The van der Waals surface area contributed by atoms with Crippen molar-refractivity contribution in [3.63, 3.8) is 0 Å². The number of aliphatic hydroxyl groups is 1. The Morgan fingerprint density at radius 2 is 1.94 bits per heavy atom. The van der Waals surface area contributed by atoms with Crippen molar-refractivity contribution in [1.82, 2.24) is 0 Å². The van der Waals surface area contributed by atoms with E-state index in [2.05, 4.69) is 20.8 Å². The zero-order valence-corrected chi connectivity index (χ0v) is 11.2. The molecule has 4 unspecified atom stereocenters. The Morgan fingerprint density at radius 3 is 2.44 bits per heavy atom. The quantitative estimate of drug-likeness (QED) is 0.765. The van der Waals surface area contributed by atoms with Crippen LogP contribution in [0.1, 0.15) is 65.7 Å². The Balaban J connectivity index is 1.69. The Hall–Kier alpha value is -0.0400. The summed E-state index contributed by atoms with van der Waals surface area (Å²) < 4.78 is 0. The van der Waals surface area contributed by atoms with Gasteiger partial charge < -0.3 is 5.11 Å². The van der Waals surface area contributed by atoms with Gasteiger partial charge >= 0.3 is 0 Å². The second-order valence-corrected chi connectivity index (χ2v) is 7.42. The first kappa shape index (κ1) is 12.4. The molecule has 4 atom stereocenters. The molecular formula is C15H28O. The van der Waals surface area contributed by atoms with E-state index in [0.29, 0.717) is 5.41 Å². The molecule has 0 aliphatic heterocycles. The van der Waals surface area contributed by atoms with Gasteiger partial charge in [-0.05, 0) is 61.7 Å². The van der Waals surface area contributed by atoms with Crippen LogP contribution in [0.4, 0.5) is 0 Å². The van der Waals surface area contributed by atoms with Crippen molar-refractivity contribution in [3.05, 3.63) is 0 Å². The van der Waals surface area contributed by atoms with E-state index in [1.807, 2.05) is 0 Å². The van der Waals surface area contributed by atoms with Gasteiger partial charge in [-0.15, -0.1) is 0 Å². The molecule has 2 aliphatic rings. The van der Waals surface area contributed by atoms with E-state index >= 15 is 0 Å². The van der Waals surface area contributed by atoms with E-state index < -0.39 is 0 Å². The monoisotopic (exact) mass is 224 g/mol. The lowest BCUT2D eigenvalue weighted by Crippen LogP contribution is -2.20. The third-order valence-corrected chi connectivity index (χ3v) is 4.69. The number of hydrogen-bond donors (Lipinski definition) is 1. The predicted octanol–water partition coefficient (Wildman–Crippen LogP) is 4.00. The highest BCUT2D eigenvalue weighted by Gasteiger charge is 2.39. The zero-order valence-electron chi connectivity index (χ0n) is 11.2. The molecule has 0 amide bonds. The summed E-state index contributed by atoms with van der Waals surface area (Å²) in [5, 5.41) is 10.1. The molecule has 16 heavy (non-hydrogen) atoms. The molecule has 2 rings (SSSR count). The minimum Gasteiger partial charge on any atom is -0.393 e. The van der Waals surface area contributed by atoms with Gasteiger partial charge in [-0.1, -0.05) is 27.2 Å². The van der Waals surface area contributed by atoms with Gasteiger partial charge in [0.15, 0.2) is 0 Å². The van der Waals surface area contributed by atoms with Gasteiger partial charge in [0.25, 0.3) is 0 Å². The molecule has 1 heteroatoms. The van der Waals surface area contributed by atoms with Crippen LogP contribution in [0.15, 0.2) is 0 Å². The molecule has 94 valence electrons. The van der Waals surface area contributed by atoms with Crippen molar-refractivity contribution < 1.29 is 5.11 Å². The second-order valence-electron chi connectivity index (χ2n) is 7.42. The van der Waals surface area contributed by atoms with Crippen LogP contribution in [0.25, 0.3) is 0 Å². The maximum atomic E-state index is 10.1. The van der Waals surface area contributed by atoms with Crippen molar-refractivity contribution in [2.24, 2.45) is 23.2 Å². The molecule has 0 aromatic carbocycles. The van der Waals surface area contributed by atoms with E-state index in [4.69, 9.17) is 0 Å². The SMILES string of the molecule is CC(C)(C)CCC(O)CC1CC2CCC1C2. The fraction of sp³-hybridized carbons (Fsp3) is 1.00. The zero-order chi connectivity index (χ0) is 11.8. The predicted molar refractivity (Wildman–Crippen MR) is 68.3 cm³/mol. The minimum absolute atomic E-state index is 0.0384. The van der Waals surface area contributed by atoms with Gasteiger partial charge in [-0.25, -0.2) is 0 Å². The standard InChI is InChI=1S/C15H28O/c1-15(2,3)7-6-14(16)10-13-9-11-4-5-12(13)8-11/h11-14,16H,4-10H2,1-3H3. The van der Waals surface area contributed by atoms with E-state index in [1.165, 1.54) is 25.7 Å². The topological polar surface area (TPSA) is 20.2 Å². The first-order valence-electron chi connectivity index (χ1n) is 7.12. The second kappa shape index (κ2) is 4.68. The molecule has 1 nitrogen and oxygen atoms in total. The van der Waals surface area contributed by atoms with Crippen LogP contribution in [-0.4, -0.2) is 11.2 Å². The van der Waals surface area contributed by atoms with Crippen LogP contribution < -0.4 is 0 Å². The molecule has 2 saturated carbocycles. The van der Waals surface area contributed by atoms with Crippen LogP contribution in [-0.2, 0) is 0 Å². The summed E-state index contributed by atoms with van der Waals surface area (Å²) in [6.07, 6.45) is 8.99. The summed E-state index contributed by atoms with van der Waals surface area (Å²) in [5.74, 6) is 2.84. The fourth-order valence-corrected chi connectivity index (χ4v) is 3.73. The number of aliphatic hydroxyl groups excluding tert-OH is 1. The number of fused-ring (bicyclic) bond motifs is 2. The van der Waals surface area contributed by atoms with E-state index in [9.17, 15) is 5.11 Å². The highest BCUT2D eigenvalue weighted by atomic mass is 16.3. The number of hydrogen-bond acceptors (Lipinski definition) is 1. The Bertz CT molecular complexity index is 228. The van der Waals surface area contributed by atoms with Crippen LogP contribution in [0, 0.1) is 23.2 Å². The van der Waals surface area contributed by atoms with Gasteiger partial charge in [0.05, 0.1) is 6.10 Å². The maximum Gasteiger partial charge on any atom is 0.0543 e. The lowest BCUT2D eigenvalue weighted by Gasteiger charge is -2.26. The summed E-state index contributed by atoms with van der Waals surface area (Å²) in [4.78, 5) is 0. The molecule has 0 spiro atoms. The largest absolute Gasteiger partial charge is 0.393 e. The third-order valence-electron chi connectivity index (χ3n) is 4.69. The Morgan fingerprint density at radius 1 is 1.19 bits per heavy atom. The van der Waals surface area contributed by atoms with Crippen molar-refractivity contribution in [2.45, 2.75) is 71.8 Å². The van der Waals surface area contributed by atoms with Gasteiger partial charge in [0.1, 0.15) is 0 Å². The first-order valence-corrected chi connectivity index (χ1v) is 7.12. The maximum absolute atomic E-state index is 10.1. The highest BCUT2D eigenvalue weighted by molar-refractivity contribution is 4.90. The van der Waals surface area contributed by atoms with Crippen LogP contribution in [0.5, 0.6) is 0 Å². The normalized spacial score (nSPS) is 35.6. The highest BCUT2D eigenvalue weighted by Crippen LogP contribution is 2.50. The molecule has 0 aromatic rings. The van der Waals surface area contributed by atoms with Gasteiger partial charge in [0, 0.05) is 0 Å². The number of rotatable bonds is 4. The fourth-order valence-electron chi connectivity index (χ4n) is 3.73. The summed E-state index contributed by atoms with van der Waals surface area (Å²) in [6.45, 7) is 6.78. The summed E-state index contributed by atoms with van der Waals surface area (Å²) in [5.41, 5.74) is 0.371. The molecule has 0 saturated heterocycles. The average Bonchev–Trinajstić information content (AvgIpc) is 2.75. The summed E-state index contributed by atoms with van der Waals surface area (Å²) in [7, 11) is 0. The average molecular weight is 224 g/mol. The molecule has 0 aromatic heterocycles. The molecule has 2 fully saturated rings.